The quantitative estimate of drug-likeness (QED) is 0.531. The predicted octanol–water partition coefficient (Wildman–Crippen LogP) is 4.54. The van der Waals surface area contributed by atoms with Crippen LogP contribution in [0.1, 0.15) is 17.7 Å². The fourth-order valence-electron chi connectivity index (χ4n) is 1.10. The highest BCUT2D eigenvalue weighted by molar-refractivity contribution is 14.1. The fourth-order valence-corrected chi connectivity index (χ4v) is 1.85. The van der Waals surface area contributed by atoms with Crippen LogP contribution in [0.4, 0.5) is 35.1 Å². The van der Waals surface area contributed by atoms with Crippen LogP contribution in [-0.4, -0.2) is 11.3 Å². The maximum Gasteiger partial charge on any atom is 0.574 e. The Balaban J connectivity index is 3.40. The summed E-state index contributed by atoms with van der Waals surface area (Å²) in [5, 5.41) is 0. The van der Waals surface area contributed by atoms with E-state index in [2.05, 4.69) is 9.72 Å². The molecule has 0 bridgehead atoms. The maximum absolute atomic E-state index is 12.5. The zero-order valence-corrected chi connectivity index (χ0v) is 10.6. The molecule has 0 fully saturated rings. The van der Waals surface area contributed by atoms with E-state index in [0.717, 1.165) is 22.6 Å². The molecule has 1 rings (SSSR count). The van der Waals surface area contributed by atoms with E-state index < -0.39 is 39.7 Å². The molecule has 0 saturated heterocycles. The summed E-state index contributed by atoms with van der Waals surface area (Å²) in [5.41, 5.74) is -3.59. The number of alkyl halides is 8. The van der Waals surface area contributed by atoms with Gasteiger partial charge in [0.05, 0.1) is 5.56 Å². The van der Waals surface area contributed by atoms with Crippen LogP contribution in [0.5, 0.6) is 5.88 Å². The van der Waals surface area contributed by atoms with Gasteiger partial charge in [-0.1, -0.05) is 0 Å². The normalized spacial score (nSPS) is 12.9. The van der Waals surface area contributed by atoms with Gasteiger partial charge < -0.3 is 4.74 Å². The minimum Gasteiger partial charge on any atom is -0.388 e. The molecule has 0 unspecified atom stereocenters. The molecule has 0 aliphatic carbocycles. The van der Waals surface area contributed by atoms with Crippen LogP contribution < -0.4 is 4.74 Å². The van der Waals surface area contributed by atoms with Gasteiger partial charge >= 0.3 is 12.5 Å². The van der Waals surface area contributed by atoms with Gasteiger partial charge in [-0.2, -0.15) is 13.2 Å². The number of ether oxygens (including phenoxy) is 1. The summed E-state index contributed by atoms with van der Waals surface area (Å²) in [4.78, 5) is 2.46. The molecule has 0 aliphatic heterocycles. The maximum atomic E-state index is 12.5. The van der Waals surface area contributed by atoms with Crippen molar-refractivity contribution in [3.63, 3.8) is 0 Å². The van der Waals surface area contributed by atoms with Crippen molar-refractivity contribution in [1.82, 2.24) is 4.98 Å². The third kappa shape index (κ3) is 4.31. The summed E-state index contributed by atoms with van der Waals surface area (Å²) >= 11 is 1.05. The average Bonchev–Trinajstić information content (AvgIpc) is 2.11. The average molecular weight is 407 g/mol. The number of rotatable bonds is 2. The molecule has 0 N–H and O–H groups in total. The first-order chi connectivity index (χ1) is 8.42. The monoisotopic (exact) mass is 407 g/mol. The number of nitrogens with zero attached hydrogens (tertiary/aromatic N) is 1. The largest absolute Gasteiger partial charge is 0.574 e. The molecule has 0 amide bonds. The van der Waals surface area contributed by atoms with Crippen LogP contribution in [-0.2, 0) is 6.18 Å². The van der Waals surface area contributed by atoms with E-state index in [0.29, 0.717) is 6.07 Å². The second-order valence-corrected chi connectivity index (χ2v) is 4.21. The molecule has 11 heteroatoms. The Morgan fingerprint density at radius 2 is 1.63 bits per heavy atom. The number of hydrogen-bond donors (Lipinski definition) is 0. The van der Waals surface area contributed by atoms with Crippen molar-refractivity contribution in [2.45, 2.75) is 19.0 Å². The zero-order chi connectivity index (χ0) is 15.0. The van der Waals surface area contributed by atoms with Gasteiger partial charge in [-0.25, -0.2) is 13.8 Å². The second-order valence-electron chi connectivity index (χ2n) is 3.05. The van der Waals surface area contributed by atoms with E-state index in [1.54, 1.807) is 0 Å². The van der Waals surface area contributed by atoms with Gasteiger partial charge in [-0.3, -0.25) is 0 Å². The van der Waals surface area contributed by atoms with Crippen molar-refractivity contribution in [2.24, 2.45) is 0 Å². The molecule has 1 aromatic heterocycles. The van der Waals surface area contributed by atoms with Gasteiger partial charge in [-0.05, 0) is 22.6 Å². The lowest BCUT2D eigenvalue weighted by Crippen LogP contribution is -2.21. The van der Waals surface area contributed by atoms with Crippen LogP contribution in [0, 0.1) is 3.57 Å². The van der Waals surface area contributed by atoms with Gasteiger partial charge in [0.1, 0.15) is 0 Å². The van der Waals surface area contributed by atoms with Crippen LogP contribution in [0.3, 0.4) is 0 Å². The molecule has 1 heterocycles. The number of hydrogen-bond acceptors (Lipinski definition) is 2. The molecule has 0 radical (unpaired) electrons. The van der Waals surface area contributed by atoms with Crippen molar-refractivity contribution >= 4 is 22.6 Å². The molecule has 0 spiro atoms. The first-order valence-electron chi connectivity index (χ1n) is 4.23. The number of aromatic nitrogens is 1. The Morgan fingerprint density at radius 1 is 1.11 bits per heavy atom. The highest BCUT2D eigenvalue weighted by atomic mass is 127. The smallest absolute Gasteiger partial charge is 0.388 e. The highest BCUT2D eigenvalue weighted by Crippen LogP contribution is 2.39. The molecule has 0 atom stereocenters. The van der Waals surface area contributed by atoms with E-state index >= 15 is 0 Å². The van der Waals surface area contributed by atoms with E-state index in [-0.39, 0.29) is 0 Å². The minimum atomic E-state index is -5.32. The van der Waals surface area contributed by atoms with Crippen LogP contribution in [0.15, 0.2) is 6.07 Å². The second kappa shape index (κ2) is 5.25. The molecular formula is C8H2F8INO. The first-order valence-corrected chi connectivity index (χ1v) is 5.31. The van der Waals surface area contributed by atoms with Crippen LogP contribution in [0.2, 0.25) is 0 Å². The minimum absolute atomic E-state index is 0.352. The lowest BCUT2D eigenvalue weighted by atomic mass is 10.2. The first kappa shape index (κ1) is 16.2. The zero-order valence-electron chi connectivity index (χ0n) is 8.41. The Hall–Kier alpha value is -0.880. The van der Waals surface area contributed by atoms with Gasteiger partial charge in [0.25, 0.3) is 6.43 Å². The molecule has 19 heavy (non-hydrogen) atoms. The predicted molar refractivity (Wildman–Crippen MR) is 53.6 cm³/mol. The molecule has 0 saturated carbocycles. The summed E-state index contributed by atoms with van der Waals surface area (Å²) in [5.74, 6) is -1.45. The summed E-state index contributed by atoms with van der Waals surface area (Å²) < 4.78 is 100. The fraction of sp³-hybridized carbons (Fsp3) is 0.375. The van der Waals surface area contributed by atoms with Crippen molar-refractivity contribution in [2.75, 3.05) is 0 Å². The SMILES string of the molecule is FC(F)c1c(I)cc(OC(F)(F)F)nc1C(F)(F)F. The van der Waals surface area contributed by atoms with Crippen LogP contribution >= 0.6 is 22.6 Å². The van der Waals surface area contributed by atoms with Crippen molar-refractivity contribution in [3.8, 4) is 5.88 Å². The Morgan fingerprint density at radius 3 is 2.00 bits per heavy atom. The molecule has 108 valence electrons. The van der Waals surface area contributed by atoms with Crippen molar-refractivity contribution < 1.29 is 39.9 Å². The summed E-state index contributed by atoms with van der Waals surface area (Å²) in [6, 6.07) is 0.352. The molecule has 0 aromatic carbocycles. The van der Waals surface area contributed by atoms with E-state index in [1.165, 1.54) is 0 Å². The topological polar surface area (TPSA) is 22.1 Å². The molecule has 0 aliphatic rings. The summed E-state index contributed by atoms with van der Waals surface area (Å²) in [6.45, 7) is 0. The standard InChI is InChI=1S/C8H2F8INO/c9-6(10)4-2(17)1-3(19-8(14,15)16)18-5(4)7(11,12)13/h1,6H. The van der Waals surface area contributed by atoms with E-state index in [9.17, 15) is 35.1 Å². The van der Waals surface area contributed by atoms with Crippen molar-refractivity contribution in [3.05, 3.63) is 20.9 Å². The third-order valence-electron chi connectivity index (χ3n) is 1.69. The number of pyridine rings is 1. The van der Waals surface area contributed by atoms with Crippen LogP contribution in [0.25, 0.3) is 0 Å². The Bertz CT molecular complexity index is 469. The Kier molecular flexibility index (Phi) is 4.47. The highest BCUT2D eigenvalue weighted by Gasteiger charge is 2.41. The molecule has 1 aromatic rings. The van der Waals surface area contributed by atoms with E-state index in [4.69, 9.17) is 0 Å². The van der Waals surface area contributed by atoms with Gasteiger partial charge in [0.2, 0.25) is 5.88 Å². The Labute approximate surface area is 113 Å². The molecular weight excluding hydrogens is 405 g/mol. The summed E-state index contributed by atoms with van der Waals surface area (Å²) in [6.07, 6.45) is -14.1. The van der Waals surface area contributed by atoms with Gasteiger partial charge in [-0.15, -0.1) is 13.2 Å². The molecule has 2 nitrogen and oxygen atoms in total. The summed E-state index contributed by atoms with van der Waals surface area (Å²) in [7, 11) is 0. The lowest BCUT2D eigenvalue weighted by molar-refractivity contribution is -0.276. The van der Waals surface area contributed by atoms with E-state index in [1.807, 2.05) is 0 Å². The van der Waals surface area contributed by atoms with Gasteiger partial charge in [0.15, 0.2) is 5.69 Å². The van der Waals surface area contributed by atoms with Crippen molar-refractivity contribution in [1.29, 1.82) is 0 Å². The third-order valence-corrected chi connectivity index (χ3v) is 2.58. The number of halogens is 9. The van der Waals surface area contributed by atoms with Gasteiger partial charge in [0, 0.05) is 9.64 Å². The lowest BCUT2D eigenvalue weighted by Gasteiger charge is -2.15.